The van der Waals surface area contributed by atoms with Crippen LogP contribution in [0.3, 0.4) is 0 Å². The Kier molecular flexibility index (Phi) is 6.32. The molecule has 0 aromatic heterocycles. The summed E-state index contributed by atoms with van der Waals surface area (Å²) in [5.74, 6) is 0.773. The van der Waals surface area contributed by atoms with Gasteiger partial charge < -0.3 is 15.7 Å². The fourth-order valence-electron chi connectivity index (χ4n) is 1.89. The Labute approximate surface area is 112 Å². The summed E-state index contributed by atoms with van der Waals surface area (Å²) in [7, 11) is 0. The Morgan fingerprint density at radius 2 is 1.94 bits per heavy atom. The van der Waals surface area contributed by atoms with E-state index in [1.807, 2.05) is 25.6 Å². The summed E-state index contributed by atoms with van der Waals surface area (Å²) in [6.07, 6.45) is 1.98. The summed E-state index contributed by atoms with van der Waals surface area (Å²) in [4.78, 5) is 22.6. The van der Waals surface area contributed by atoms with E-state index in [-0.39, 0.29) is 24.5 Å². The first-order valence-corrected chi connectivity index (χ1v) is 7.51. The Bertz CT molecular complexity index is 291. The summed E-state index contributed by atoms with van der Waals surface area (Å²) in [6.45, 7) is 3.87. The molecule has 18 heavy (non-hydrogen) atoms. The standard InChI is InChI=1S/C12H22N2O3S/c1-8(2)10(11(15)16)7-13-12(17)14-9-3-5-18-6-4-9/h8-10H,3-7H2,1-2H3,(H,15,16)(H2,13,14,17). The third-order valence-corrected chi connectivity index (χ3v) is 4.21. The van der Waals surface area contributed by atoms with Crippen molar-refractivity contribution in [3.05, 3.63) is 0 Å². The zero-order chi connectivity index (χ0) is 13.5. The smallest absolute Gasteiger partial charge is 0.315 e. The van der Waals surface area contributed by atoms with Gasteiger partial charge >= 0.3 is 12.0 Å². The molecule has 1 atom stereocenters. The average molecular weight is 274 g/mol. The topological polar surface area (TPSA) is 78.4 Å². The molecule has 1 aliphatic heterocycles. The van der Waals surface area contributed by atoms with Crippen LogP contribution in [0.2, 0.25) is 0 Å². The van der Waals surface area contributed by atoms with Gasteiger partial charge in [-0.05, 0) is 30.3 Å². The van der Waals surface area contributed by atoms with Crippen molar-refractivity contribution in [2.24, 2.45) is 11.8 Å². The number of carbonyl (C=O) groups excluding carboxylic acids is 1. The summed E-state index contributed by atoms with van der Waals surface area (Å²) >= 11 is 1.90. The first-order valence-electron chi connectivity index (χ1n) is 6.35. The van der Waals surface area contributed by atoms with Crippen LogP contribution in [-0.4, -0.2) is 41.2 Å². The molecule has 5 nitrogen and oxygen atoms in total. The zero-order valence-corrected chi connectivity index (χ0v) is 11.8. The van der Waals surface area contributed by atoms with E-state index < -0.39 is 11.9 Å². The molecule has 3 N–H and O–H groups in total. The van der Waals surface area contributed by atoms with Crippen LogP contribution < -0.4 is 10.6 Å². The van der Waals surface area contributed by atoms with Crippen molar-refractivity contribution in [1.82, 2.24) is 10.6 Å². The van der Waals surface area contributed by atoms with E-state index in [4.69, 9.17) is 5.11 Å². The number of rotatable bonds is 5. The second-order valence-corrected chi connectivity index (χ2v) is 6.15. The number of hydrogen-bond acceptors (Lipinski definition) is 3. The van der Waals surface area contributed by atoms with Gasteiger partial charge in [-0.3, -0.25) is 4.79 Å². The molecule has 6 heteroatoms. The van der Waals surface area contributed by atoms with Crippen molar-refractivity contribution in [2.75, 3.05) is 18.1 Å². The number of nitrogens with one attached hydrogen (secondary N) is 2. The summed E-state index contributed by atoms with van der Waals surface area (Å²) < 4.78 is 0. The van der Waals surface area contributed by atoms with Crippen LogP contribution >= 0.6 is 11.8 Å². The molecular weight excluding hydrogens is 252 g/mol. The van der Waals surface area contributed by atoms with E-state index in [1.165, 1.54) is 0 Å². The van der Waals surface area contributed by atoms with Crippen LogP contribution in [0.15, 0.2) is 0 Å². The molecule has 1 aliphatic rings. The SMILES string of the molecule is CC(C)C(CNC(=O)NC1CCSCC1)C(=O)O. The Hall–Kier alpha value is -0.910. The molecule has 1 fully saturated rings. The number of carboxylic acid groups (broad SMARTS) is 1. The van der Waals surface area contributed by atoms with Crippen molar-refractivity contribution in [3.8, 4) is 0 Å². The fourth-order valence-corrected chi connectivity index (χ4v) is 3.00. The van der Waals surface area contributed by atoms with Crippen molar-refractivity contribution >= 4 is 23.8 Å². The van der Waals surface area contributed by atoms with Gasteiger partial charge in [0.25, 0.3) is 0 Å². The van der Waals surface area contributed by atoms with Gasteiger partial charge in [0.15, 0.2) is 0 Å². The highest BCUT2D eigenvalue weighted by Crippen LogP contribution is 2.16. The highest BCUT2D eigenvalue weighted by Gasteiger charge is 2.22. The lowest BCUT2D eigenvalue weighted by Crippen LogP contribution is -2.46. The van der Waals surface area contributed by atoms with Crippen molar-refractivity contribution in [3.63, 3.8) is 0 Å². The normalized spacial score (nSPS) is 18.4. The first-order chi connectivity index (χ1) is 8.50. The summed E-state index contributed by atoms with van der Waals surface area (Å²) in [5, 5.41) is 14.6. The van der Waals surface area contributed by atoms with Gasteiger partial charge in [0.2, 0.25) is 0 Å². The number of hydrogen-bond donors (Lipinski definition) is 3. The molecule has 1 heterocycles. The minimum atomic E-state index is -0.862. The van der Waals surface area contributed by atoms with E-state index in [2.05, 4.69) is 10.6 Å². The first kappa shape index (κ1) is 15.1. The van der Waals surface area contributed by atoms with Crippen molar-refractivity contribution in [1.29, 1.82) is 0 Å². The number of thioether (sulfide) groups is 1. The van der Waals surface area contributed by atoms with Gasteiger partial charge in [0, 0.05) is 12.6 Å². The maximum absolute atomic E-state index is 11.6. The predicted octanol–water partition coefficient (Wildman–Crippen LogP) is 1.54. The molecule has 2 amide bonds. The Morgan fingerprint density at radius 1 is 1.33 bits per heavy atom. The quantitative estimate of drug-likeness (QED) is 0.710. The molecule has 1 unspecified atom stereocenters. The summed E-state index contributed by atoms with van der Waals surface area (Å²) in [6, 6.07) is -0.0209. The Morgan fingerprint density at radius 3 is 2.44 bits per heavy atom. The average Bonchev–Trinajstić information content (AvgIpc) is 2.29. The second-order valence-electron chi connectivity index (χ2n) is 4.93. The number of carbonyl (C=O) groups is 2. The predicted molar refractivity (Wildman–Crippen MR) is 72.8 cm³/mol. The lowest BCUT2D eigenvalue weighted by Gasteiger charge is -2.23. The van der Waals surface area contributed by atoms with Crippen LogP contribution in [0.1, 0.15) is 26.7 Å². The van der Waals surface area contributed by atoms with Crippen LogP contribution in [0.5, 0.6) is 0 Å². The largest absolute Gasteiger partial charge is 0.481 e. The minimum Gasteiger partial charge on any atom is -0.481 e. The molecular formula is C12H22N2O3S. The van der Waals surface area contributed by atoms with E-state index >= 15 is 0 Å². The molecule has 104 valence electrons. The van der Waals surface area contributed by atoms with Gasteiger partial charge in [-0.1, -0.05) is 13.8 Å². The minimum absolute atomic E-state index is 0.00822. The van der Waals surface area contributed by atoms with Gasteiger partial charge in [0.1, 0.15) is 0 Å². The highest BCUT2D eigenvalue weighted by molar-refractivity contribution is 7.99. The lowest BCUT2D eigenvalue weighted by atomic mass is 9.96. The van der Waals surface area contributed by atoms with Crippen LogP contribution in [0.25, 0.3) is 0 Å². The number of amides is 2. The Balaban J connectivity index is 2.28. The van der Waals surface area contributed by atoms with E-state index in [0.29, 0.717) is 0 Å². The molecule has 1 saturated heterocycles. The van der Waals surface area contributed by atoms with E-state index in [1.54, 1.807) is 0 Å². The van der Waals surface area contributed by atoms with Gasteiger partial charge in [-0.15, -0.1) is 0 Å². The highest BCUT2D eigenvalue weighted by atomic mass is 32.2. The summed E-state index contributed by atoms with van der Waals surface area (Å²) in [5.41, 5.74) is 0. The van der Waals surface area contributed by atoms with E-state index in [0.717, 1.165) is 24.3 Å². The van der Waals surface area contributed by atoms with Crippen LogP contribution in [0.4, 0.5) is 4.79 Å². The molecule has 0 saturated carbocycles. The maximum atomic E-state index is 11.6. The fraction of sp³-hybridized carbons (Fsp3) is 0.833. The van der Waals surface area contributed by atoms with Crippen molar-refractivity contribution < 1.29 is 14.7 Å². The molecule has 0 aromatic rings. The molecule has 0 bridgehead atoms. The molecule has 0 spiro atoms. The lowest BCUT2D eigenvalue weighted by molar-refractivity contribution is -0.142. The zero-order valence-electron chi connectivity index (χ0n) is 10.9. The van der Waals surface area contributed by atoms with Crippen LogP contribution in [-0.2, 0) is 4.79 Å². The monoisotopic (exact) mass is 274 g/mol. The van der Waals surface area contributed by atoms with E-state index in [9.17, 15) is 9.59 Å². The number of urea groups is 1. The molecule has 1 rings (SSSR count). The van der Waals surface area contributed by atoms with Gasteiger partial charge in [-0.25, -0.2) is 4.79 Å². The molecule has 0 radical (unpaired) electrons. The van der Waals surface area contributed by atoms with Crippen LogP contribution in [0, 0.1) is 11.8 Å². The third kappa shape index (κ3) is 5.16. The number of aliphatic carboxylic acids is 1. The third-order valence-electron chi connectivity index (χ3n) is 3.16. The van der Waals surface area contributed by atoms with Crippen molar-refractivity contribution in [2.45, 2.75) is 32.7 Å². The van der Waals surface area contributed by atoms with Gasteiger partial charge in [-0.2, -0.15) is 11.8 Å². The molecule has 0 aromatic carbocycles. The molecule has 0 aliphatic carbocycles. The maximum Gasteiger partial charge on any atom is 0.315 e. The van der Waals surface area contributed by atoms with Gasteiger partial charge in [0.05, 0.1) is 5.92 Å². The number of carboxylic acids is 1. The second kappa shape index (κ2) is 7.51.